The molecule has 0 aromatic carbocycles. The van der Waals surface area contributed by atoms with E-state index in [1.807, 2.05) is 13.1 Å². The van der Waals surface area contributed by atoms with Gasteiger partial charge in [0.2, 0.25) is 5.91 Å². The van der Waals surface area contributed by atoms with Crippen molar-refractivity contribution in [1.29, 1.82) is 0 Å². The van der Waals surface area contributed by atoms with Gasteiger partial charge in [0.25, 0.3) is 0 Å². The number of hydrogen-bond acceptors (Lipinski definition) is 5. The predicted molar refractivity (Wildman–Crippen MR) is 79.9 cm³/mol. The van der Waals surface area contributed by atoms with Crippen molar-refractivity contribution in [3.05, 3.63) is 28.0 Å². The summed E-state index contributed by atoms with van der Waals surface area (Å²) in [5, 5.41) is 11.1. The fourth-order valence-corrected chi connectivity index (χ4v) is 2.93. The molecular formula is C13H19N5OS. The van der Waals surface area contributed by atoms with E-state index in [1.165, 1.54) is 4.88 Å². The minimum absolute atomic E-state index is 0.0707. The molecule has 2 N–H and O–H groups in total. The van der Waals surface area contributed by atoms with Gasteiger partial charge in [-0.1, -0.05) is 0 Å². The van der Waals surface area contributed by atoms with Crippen LogP contribution < -0.4 is 10.6 Å². The van der Waals surface area contributed by atoms with Crippen LogP contribution in [0.3, 0.4) is 0 Å². The maximum Gasteiger partial charge on any atom is 0.241 e. The molecule has 0 radical (unpaired) electrons. The Balaban J connectivity index is 2.03. The van der Waals surface area contributed by atoms with Crippen LogP contribution in [0.4, 0.5) is 5.69 Å². The summed E-state index contributed by atoms with van der Waals surface area (Å²) in [4.78, 5) is 17.0. The molecule has 0 bridgehead atoms. The highest BCUT2D eigenvalue weighted by Gasteiger charge is 2.13. The van der Waals surface area contributed by atoms with Crippen LogP contribution in [0, 0.1) is 13.8 Å². The number of nitrogens with zero attached hydrogens (tertiary/aromatic N) is 3. The zero-order chi connectivity index (χ0) is 14.7. The minimum atomic E-state index is -0.0707. The van der Waals surface area contributed by atoms with Gasteiger partial charge in [0.15, 0.2) is 0 Å². The van der Waals surface area contributed by atoms with Crippen LogP contribution in [-0.2, 0) is 11.3 Å². The molecular weight excluding hydrogens is 274 g/mol. The molecule has 0 aliphatic heterocycles. The topological polar surface area (TPSA) is 71.8 Å². The second-order valence-electron chi connectivity index (χ2n) is 4.64. The van der Waals surface area contributed by atoms with Crippen LogP contribution in [0.5, 0.6) is 0 Å². The first-order valence-corrected chi connectivity index (χ1v) is 7.24. The highest BCUT2D eigenvalue weighted by atomic mass is 32.1. The number of rotatable bonds is 5. The molecule has 0 aliphatic rings. The molecule has 2 heterocycles. The third-order valence-corrected chi connectivity index (χ3v) is 3.85. The van der Waals surface area contributed by atoms with Gasteiger partial charge in [-0.15, -0.1) is 11.3 Å². The average molecular weight is 293 g/mol. The van der Waals surface area contributed by atoms with Gasteiger partial charge < -0.3 is 10.6 Å². The van der Waals surface area contributed by atoms with Crippen molar-refractivity contribution in [3.8, 4) is 0 Å². The Bertz CT molecular complexity index is 604. The number of carbonyl (C=O) groups is 1. The largest absolute Gasteiger partial charge is 0.374 e. The molecule has 0 spiro atoms. The fourth-order valence-electron chi connectivity index (χ4n) is 2.02. The number of aromatic nitrogens is 3. The van der Waals surface area contributed by atoms with Gasteiger partial charge in [-0.05, 0) is 20.8 Å². The number of nitrogens with one attached hydrogen (secondary N) is 2. The van der Waals surface area contributed by atoms with E-state index >= 15 is 0 Å². The monoisotopic (exact) mass is 293 g/mol. The van der Waals surface area contributed by atoms with Crippen LogP contribution in [0.2, 0.25) is 0 Å². The van der Waals surface area contributed by atoms with E-state index in [0.29, 0.717) is 0 Å². The Morgan fingerprint density at radius 2 is 2.25 bits per heavy atom. The van der Waals surface area contributed by atoms with Gasteiger partial charge in [0.05, 0.1) is 28.6 Å². The van der Waals surface area contributed by atoms with Crippen LogP contribution in [0.15, 0.2) is 12.4 Å². The molecule has 0 saturated carbocycles. The summed E-state index contributed by atoms with van der Waals surface area (Å²) in [6, 6.07) is 0.109. The number of thiazole rings is 1. The van der Waals surface area contributed by atoms with Gasteiger partial charge in [-0.3, -0.25) is 9.48 Å². The summed E-state index contributed by atoms with van der Waals surface area (Å²) in [5.41, 5.74) is 1.94. The maximum atomic E-state index is 11.3. The average Bonchev–Trinajstić information content (AvgIpc) is 2.95. The van der Waals surface area contributed by atoms with Crippen molar-refractivity contribution in [2.24, 2.45) is 0 Å². The first-order chi connectivity index (χ1) is 9.49. The lowest BCUT2D eigenvalue weighted by molar-refractivity contribution is -0.121. The molecule has 1 unspecified atom stereocenters. The zero-order valence-corrected chi connectivity index (χ0v) is 12.9. The molecule has 0 aliphatic carbocycles. The van der Waals surface area contributed by atoms with Crippen LogP contribution in [0.25, 0.3) is 0 Å². The Labute approximate surface area is 122 Å². The summed E-state index contributed by atoms with van der Waals surface area (Å²) in [7, 11) is 1.61. The van der Waals surface area contributed by atoms with Gasteiger partial charge in [-0.25, -0.2) is 4.98 Å². The lowest BCUT2D eigenvalue weighted by atomic mass is 10.2. The van der Waals surface area contributed by atoms with Crippen LogP contribution in [0.1, 0.15) is 28.5 Å². The number of likely N-dealkylation sites (N-methyl/N-ethyl adjacent to an activating group) is 1. The van der Waals surface area contributed by atoms with Crippen molar-refractivity contribution in [2.45, 2.75) is 33.4 Å². The van der Waals surface area contributed by atoms with Crippen molar-refractivity contribution < 1.29 is 4.79 Å². The van der Waals surface area contributed by atoms with E-state index in [0.717, 1.165) is 16.4 Å². The Morgan fingerprint density at radius 1 is 1.50 bits per heavy atom. The minimum Gasteiger partial charge on any atom is -0.374 e. The highest BCUT2D eigenvalue weighted by Crippen LogP contribution is 2.25. The molecule has 2 rings (SSSR count). The smallest absolute Gasteiger partial charge is 0.241 e. The van der Waals surface area contributed by atoms with Gasteiger partial charge in [0, 0.05) is 18.1 Å². The summed E-state index contributed by atoms with van der Waals surface area (Å²) in [6.45, 7) is 6.38. The van der Waals surface area contributed by atoms with E-state index in [1.54, 1.807) is 29.3 Å². The molecule has 0 saturated heterocycles. The summed E-state index contributed by atoms with van der Waals surface area (Å²) in [6.07, 6.45) is 3.54. The summed E-state index contributed by atoms with van der Waals surface area (Å²) in [5.74, 6) is -0.0707. The highest BCUT2D eigenvalue weighted by molar-refractivity contribution is 7.11. The van der Waals surface area contributed by atoms with E-state index < -0.39 is 0 Å². The zero-order valence-electron chi connectivity index (χ0n) is 12.1. The van der Waals surface area contributed by atoms with Crippen LogP contribution in [-0.4, -0.2) is 27.7 Å². The number of aryl methyl sites for hydroxylation is 2. The summed E-state index contributed by atoms with van der Waals surface area (Å²) >= 11 is 1.70. The van der Waals surface area contributed by atoms with Gasteiger partial charge in [0.1, 0.15) is 6.54 Å². The number of amides is 1. The van der Waals surface area contributed by atoms with E-state index in [2.05, 4.69) is 34.6 Å². The van der Waals surface area contributed by atoms with Gasteiger partial charge in [-0.2, -0.15) is 5.10 Å². The molecule has 0 fully saturated rings. The first-order valence-electron chi connectivity index (χ1n) is 6.43. The standard InChI is InChI=1S/C13H19N5OS/c1-8(13-9(2)20-10(3)17-13)16-11-5-15-18(6-11)7-12(19)14-4/h5-6,8,16H,7H2,1-4H3,(H,14,19). The quantitative estimate of drug-likeness (QED) is 0.883. The maximum absolute atomic E-state index is 11.3. The Kier molecular flexibility index (Phi) is 4.39. The van der Waals surface area contributed by atoms with Crippen LogP contribution >= 0.6 is 11.3 Å². The first kappa shape index (κ1) is 14.5. The SMILES string of the molecule is CNC(=O)Cn1cc(NC(C)c2nc(C)sc2C)cn1. The van der Waals surface area contributed by atoms with E-state index in [-0.39, 0.29) is 18.5 Å². The molecule has 1 amide bonds. The molecule has 6 nitrogen and oxygen atoms in total. The number of hydrogen-bond donors (Lipinski definition) is 2. The fraction of sp³-hybridized carbons (Fsp3) is 0.462. The third kappa shape index (κ3) is 3.36. The van der Waals surface area contributed by atoms with Gasteiger partial charge >= 0.3 is 0 Å². The second-order valence-corrected chi connectivity index (χ2v) is 6.05. The number of anilines is 1. The van der Waals surface area contributed by atoms with E-state index in [4.69, 9.17) is 0 Å². The molecule has 1 atom stereocenters. The Morgan fingerprint density at radius 3 is 2.85 bits per heavy atom. The molecule has 2 aromatic rings. The molecule has 2 aromatic heterocycles. The van der Waals surface area contributed by atoms with Crippen molar-refractivity contribution >= 4 is 22.9 Å². The lowest BCUT2D eigenvalue weighted by Gasteiger charge is -2.12. The van der Waals surface area contributed by atoms with Crippen molar-refractivity contribution in [2.75, 3.05) is 12.4 Å². The Hall–Kier alpha value is -1.89. The van der Waals surface area contributed by atoms with Crippen molar-refractivity contribution in [3.63, 3.8) is 0 Å². The second kappa shape index (κ2) is 6.04. The van der Waals surface area contributed by atoms with E-state index in [9.17, 15) is 4.79 Å². The molecule has 108 valence electrons. The predicted octanol–water partition coefficient (Wildman–Crippen LogP) is 1.88. The number of carbonyl (C=O) groups excluding carboxylic acids is 1. The van der Waals surface area contributed by atoms with Crippen molar-refractivity contribution in [1.82, 2.24) is 20.1 Å². The molecule has 7 heteroatoms. The third-order valence-electron chi connectivity index (χ3n) is 2.95. The summed E-state index contributed by atoms with van der Waals surface area (Å²) < 4.78 is 1.60. The normalized spacial score (nSPS) is 12.2. The lowest BCUT2D eigenvalue weighted by Crippen LogP contribution is -2.23. The molecule has 20 heavy (non-hydrogen) atoms.